The third-order valence-corrected chi connectivity index (χ3v) is 4.64. The lowest BCUT2D eigenvalue weighted by molar-refractivity contribution is 0.224. The standard InChI is InChI=1S/C14H20IN/c1-14(16,11-5-3-2-4-6-11)12-7-9-13(15)10-8-12/h7-11H,2-6,16H2,1H3. The molecule has 0 saturated heterocycles. The Morgan fingerprint density at radius 2 is 1.69 bits per heavy atom. The summed E-state index contributed by atoms with van der Waals surface area (Å²) in [5.41, 5.74) is 7.70. The van der Waals surface area contributed by atoms with E-state index in [1.165, 1.54) is 41.2 Å². The largest absolute Gasteiger partial charge is 0.321 e. The first kappa shape index (κ1) is 12.4. The van der Waals surface area contributed by atoms with Crippen LogP contribution in [0.1, 0.15) is 44.6 Å². The molecule has 2 heteroatoms. The summed E-state index contributed by atoms with van der Waals surface area (Å²) in [7, 11) is 0. The van der Waals surface area contributed by atoms with Gasteiger partial charge >= 0.3 is 0 Å². The monoisotopic (exact) mass is 329 g/mol. The molecule has 88 valence electrons. The molecule has 1 unspecified atom stereocenters. The minimum absolute atomic E-state index is 0.148. The van der Waals surface area contributed by atoms with Crippen molar-refractivity contribution in [1.82, 2.24) is 0 Å². The van der Waals surface area contributed by atoms with Gasteiger partial charge in [0, 0.05) is 9.11 Å². The van der Waals surface area contributed by atoms with E-state index in [9.17, 15) is 0 Å². The van der Waals surface area contributed by atoms with Gasteiger partial charge < -0.3 is 5.73 Å². The molecular weight excluding hydrogens is 309 g/mol. The van der Waals surface area contributed by atoms with Crippen LogP contribution in [-0.4, -0.2) is 0 Å². The van der Waals surface area contributed by atoms with Crippen LogP contribution in [0.15, 0.2) is 24.3 Å². The van der Waals surface area contributed by atoms with Crippen molar-refractivity contribution >= 4 is 22.6 Å². The van der Waals surface area contributed by atoms with Gasteiger partial charge in [-0.15, -0.1) is 0 Å². The minimum atomic E-state index is -0.148. The van der Waals surface area contributed by atoms with Crippen molar-refractivity contribution in [2.45, 2.75) is 44.6 Å². The first-order chi connectivity index (χ1) is 7.60. The Kier molecular flexibility index (Phi) is 3.90. The van der Waals surface area contributed by atoms with Crippen molar-refractivity contribution in [1.29, 1.82) is 0 Å². The molecule has 2 rings (SSSR count). The Morgan fingerprint density at radius 3 is 2.25 bits per heavy atom. The van der Waals surface area contributed by atoms with Crippen LogP contribution < -0.4 is 5.73 Å². The van der Waals surface area contributed by atoms with E-state index in [0.717, 1.165) is 0 Å². The van der Waals surface area contributed by atoms with Crippen molar-refractivity contribution in [2.24, 2.45) is 11.7 Å². The first-order valence-electron chi connectivity index (χ1n) is 6.15. The maximum absolute atomic E-state index is 6.56. The minimum Gasteiger partial charge on any atom is -0.321 e. The van der Waals surface area contributed by atoms with Gasteiger partial charge in [-0.25, -0.2) is 0 Å². The van der Waals surface area contributed by atoms with Crippen molar-refractivity contribution in [3.63, 3.8) is 0 Å². The Hall–Kier alpha value is -0.0900. The van der Waals surface area contributed by atoms with Crippen LogP contribution in [0.25, 0.3) is 0 Å². The Labute approximate surface area is 112 Å². The third-order valence-electron chi connectivity index (χ3n) is 3.92. The first-order valence-corrected chi connectivity index (χ1v) is 7.23. The number of halogens is 1. The van der Waals surface area contributed by atoms with Crippen LogP contribution in [-0.2, 0) is 5.54 Å². The highest BCUT2D eigenvalue weighted by atomic mass is 127. The predicted octanol–water partition coefficient (Wildman–Crippen LogP) is 4.05. The summed E-state index contributed by atoms with van der Waals surface area (Å²) in [5.74, 6) is 0.654. The molecule has 0 aromatic heterocycles. The van der Waals surface area contributed by atoms with Gasteiger partial charge in [-0.1, -0.05) is 31.4 Å². The molecule has 1 aromatic rings. The lowest BCUT2D eigenvalue weighted by Crippen LogP contribution is -2.42. The lowest BCUT2D eigenvalue weighted by Gasteiger charge is -2.37. The van der Waals surface area contributed by atoms with Crippen LogP contribution in [0.2, 0.25) is 0 Å². The average molecular weight is 329 g/mol. The smallest absolute Gasteiger partial charge is 0.0409 e. The third kappa shape index (κ3) is 2.59. The molecule has 1 nitrogen and oxygen atoms in total. The van der Waals surface area contributed by atoms with E-state index in [0.29, 0.717) is 5.92 Å². The number of rotatable bonds is 2. The topological polar surface area (TPSA) is 26.0 Å². The Balaban J connectivity index is 2.19. The van der Waals surface area contributed by atoms with Gasteiger partial charge in [-0.05, 0) is 66.0 Å². The predicted molar refractivity (Wildman–Crippen MR) is 77.3 cm³/mol. The summed E-state index contributed by atoms with van der Waals surface area (Å²) in [4.78, 5) is 0. The quantitative estimate of drug-likeness (QED) is 0.814. The van der Waals surface area contributed by atoms with Crippen LogP contribution >= 0.6 is 22.6 Å². The van der Waals surface area contributed by atoms with Gasteiger partial charge in [0.2, 0.25) is 0 Å². The SMILES string of the molecule is CC(N)(c1ccc(I)cc1)C1CCCCC1. The molecule has 1 aromatic carbocycles. The number of nitrogens with two attached hydrogens (primary N) is 1. The highest BCUT2D eigenvalue weighted by Gasteiger charge is 2.32. The number of benzene rings is 1. The molecule has 2 N–H and O–H groups in total. The molecule has 0 heterocycles. The molecule has 1 saturated carbocycles. The molecule has 0 spiro atoms. The van der Waals surface area contributed by atoms with E-state index in [1.807, 2.05) is 0 Å². The van der Waals surface area contributed by atoms with E-state index in [1.54, 1.807) is 0 Å². The van der Waals surface area contributed by atoms with Crippen LogP contribution in [0, 0.1) is 9.49 Å². The molecule has 16 heavy (non-hydrogen) atoms. The maximum atomic E-state index is 6.56. The van der Waals surface area contributed by atoms with Gasteiger partial charge in [0.05, 0.1) is 0 Å². The second kappa shape index (κ2) is 5.05. The summed E-state index contributed by atoms with van der Waals surface area (Å²) in [6.45, 7) is 2.20. The van der Waals surface area contributed by atoms with Gasteiger partial charge in [-0.3, -0.25) is 0 Å². The van der Waals surface area contributed by atoms with Crippen molar-refractivity contribution in [2.75, 3.05) is 0 Å². The normalized spacial score (nSPS) is 21.7. The van der Waals surface area contributed by atoms with Gasteiger partial charge in [-0.2, -0.15) is 0 Å². The number of hydrogen-bond acceptors (Lipinski definition) is 1. The van der Waals surface area contributed by atoms with E-state index < -0.39 is 0 Å². The van der Waals surface area contributed by atoms with Crippen molar-refractivity contribution < 1.29 is 0 Å². The van der Waals surface area contributed by atoms with Gasteiger partial charge in [0.15, 0.2) is 0 Å². The molecule has 0 aliphatic heterocycles. The zero-order valence-electron chi connectivity index (χ0n) is 9.88. The molecule has 1 aliphatic carbocycles. The second-order valence-electron chi connectivity index (χ2n) is 5.12. The summed E-state index contributed by atoms with van der Waals surface area (Å²) >= 11 is 2.34. The van der Waals surface area contributed by atoms with Crippen LogP contribution in [0.3, 0.4) is 0 Å². The van der Waals surface area contributed by atoms with Crippen LogP contribution in [0.4, 0.5) is 0 Å². The molecule has 0 bridgehead atoms. The maximum Gasteiger partial charge on any atom is 0.0409 e. The number of hydrogen-bond donors (Lipinski definition) is 1. The zero-order chi connectivity index (χ0) is 11.6. The molecule has 1 aliphatic rings. The highest BCUT2D eigenvalue weighted by molar-refractivity contribution is 14.1. The average Bonchev–Trinajstić information content (AvgIpc) is 2.31. The van der Waals surface area contributed by atoms with Gasteiger partial charge in [0.25, 0.3) is 0 Å². The molecule has 1 atom stereocenters. The van der Waals surface area contributed by atoms with E-state index in [4.69, 9.17) is 5.73 Å². The van der Waals surface area contributed by atoms with E-state index >= 15 is 0 Å². The van der Waals surface area contributed by atoms with Gasteiger partial charge in [0.1, 0.15) is 0 Å². The Morgan fingerprint density at radius 1 is 1.12 bits per heavy atom. The molecule has 0 radical (unpaired) electrons. The summed E-state index contributed by atoms with van der Waals surface area (Å²) in [6, 6.07) is 8.69. The molecule has 1 fully saturated rings. The van der Waals surface area contributed by atoms with Crippen molar-refractivity contribution in [3.05, 3.63) is 33.4 Å². The summed E-state index contributed by atoms with van der Waals surface area (Å²) in [6.07, 6.45) is 6.67. The van der Waals surface area contributed by atoms with E-state index in [-0.39, 0.29) is 5.54 Å². The second-order valence-corrected chi connectivity index (χ2v) is 6.37. The fourth-order valence-electron chi connectivity index (χ4n) is 2.75. The lowest BCUT2D eigenvalue weighted by atomic mass is 9.73. The summed E-state index contributed by atoms with van der Waals surface area (Å²) in [5, 5.41) is 0. The fraction of sp³-hybridized carbons (Fsp3) is 0.571. The zero-order valence-corrected chi connectivity index (χ0v) is 12.0. The highest BCUT2D eigenvalue weighted by Crippen LogP contribution is 2.37. The van der Waals surface area contributed by atoms with E-state index in [2.05, 4.69) is 53.8 Å². The fourth-order valence-corrected chi connectivity index (χ4v) is 3.11. The molecule has 0 amide bonds. The van der Waals surface area contributed by atoms with Crippen LogP contribution in [0.5, 0.6) is 0 Å². The molecular formula is C14H20IN. The Bertz CT molecular complexity index is 336. The summed E-state index contributed by atoms with van der Waals surface area (Å²) < 4.78 is 1.28. The van der Waals surface area contributed by atoms with Crippen molar-refractivity contribution in [3.8, 4) is 0 Å².